The van der Waals surface area contributed by atoms with Gasteiger partial charge in [0.1, 0.15) is 12.3 Å². The fraction of sp³-hybridized carbons (Fsp3) is 0.400. The number of benzene rings is 1. The Morgan fingerprint density at radius 3 is 2.48 bits per heavy atom. The van der Waals surface area contributed by atoms with Gasteiger partial charge in [-0.3, -0.25) is 19.3 Å². The minimum atomic E-state index is -1.12. The second kappa shape index (κ2) is 9.60. The number of carbonyl (C=O) groups excluding carboxylic acids is 3. The average molecular weight is 418 g/mol. The Bertz CT molecular complexity index is 845. The lowest BCUT2D eigenvalue weighted by Crippen LogP contribution is -2.42. The average Bonchev–Trinajstić information content (AvgIpc) is 2.89. The number of amides is 3. The molecule has 9 heteroatoms. The molecule has 3 amide bonds. The van der Waals surface area contributed by atoms with Crippen molar-refractivity contribution < 1.29 is 29.0 Å². The monoisotopic (exact) mass is 418 g/mol. The number of hydrogen-bond donors (Lipinski definition) is 1. The number of thioether (sulfide) groups is 1. The Kier molecular flexibility index (Phi) is 6.92. The van der Waals surface area contributed by atoms with Crippen molar-refractivity contribution >= 4 is 40.9 Å². The van der Waals surface area contributed by atoms with E-state index in [1.807, 2.05) is 0 Å². The van der Waals surface area contributed by atoms with Crippen LogP contribution in [0.3, 0.4) is 0 Å². The van der Waals surface area contributed by atoms with Gasteiger partial charge in [0.05, 0.1) is 4.91 Å². The van der Waals surface area contributed by atoms with Gasteiger partial charge in [0.25, 0.3) is 11.1 Å². The van der Waals surface area contributed by atoms with Crippen molar-refractivity contribution in [1.29, 1.82) is 0 Å². The Hall–Kier alpha value is -2.81. The number of nitrogens with zero attached hydrogens (tertiary/aromatic N) is 2. The van der Waals surface area contributed by atoms with Crippen LogP contribution < -0.4 is 4.74 Å². The first-order valence-electron chi connectivity index (χ1n) is 9.42. The van der Waals surface area contributed by atoms with Crippen molar-refractivity contribution in [2.75, 3.05) is 26.2 Å². The summed E-state index contributed by atoms with van der Waals surface area (Å²) < 4.78 is 5.23. The van der Waals surface area contributed by atoms with E-state index in [4.69, 9.17) is 9.84 Å². The number of imide groups is 1. The van der Waals surface area contributed by atoms with Crippen LogP contribution >= 0.6 is 11.8 Å². The predicted octanol–water partition coefficient (Wildman–Crippen LogP) is 2.59. The maximum atomic E-state index is 12.7. The molecular weight excluding hydrogens is 396 g/mol. The summed E-state index contributed by atoms with van der Waals surface area (Å²) in [5, 5.41) is 8.29. The molecule has 29 heavy (non-hydrogen) atoms. The van der Waals surface area contributed by atoms with Crippen LogP contribution in [0.4, 0.5) is 4.79 Å². The van der Waals surface area contributed by atoms with Gasteiger partial charge in [0.2, 0.25) is 5.91 Å². The second-order valence-corrected chi connectivity index (χ2v) is 7.78. The Morgan fingerprint density at radius 2 is 1.79 bits per heavy atom. The Balaban J connectivity index is 1.72. The van der Waals surface area contributed by atoms with Gasteiger partial charge < -0.3 is 14.7 Å². The summed E-state index contributed by atoms with van der Waals surface area (Å²) >= 11 is 0.758. The number of para-hydroxylation sites is 1. The first-order valence-corrected chi connectivity index (χ1v) is 10.2. The molecule has 2 aliphatic heterocycles. The molecule has 154 valence electrons. The number of carbonyl (C=O) groups is 4. The lowest BCUT2D eigenvalue weighted by atomic mass is 10.2. The largest absolute Gasteiger partial charge is 0.481 e. The van der Waals surface area contributed by atoms with E-state index >= 15 is 0 Å². The minimum absolute atomic E-state index is 0.171. The summed E-state index contributed by atoms with van der Waals surface area (Å²) in [4.78, 5) is 51.1. The normalized spacial score (nSPS) is 18.8. The summed E-state index contributed by atoms with van der Waals surface area (Å²) in [6, 6.07) is 6.64. The third kappa shape index (κ3) is 5.38. The standard InChI is InChI=1S/C20H22N2O6S/c23-17(21-9-5-1-2-6-10-21)12-22-19(26)16(29-20(22)27)11-14-7-3-4-8-15(14)28-13-18(24)25/h3-4,7-8,11H,1-2,5-6,9-10,12-13H2,(H,24,25)/b16-11-. The van der Waals surface area contributed by atoms with E-state index in [1.165, 1.54) is 6.08 Å². The highest BCUT2D eigenvalue weighted by atomic mass is 32.2. The van der Waals surface area contributed by atoms with Gasteiger partial charge in [-0.1, -0.05) is 31.0 Å². The highest BCUT2D eigenvalue weighted by Crippen LogP contribution is 2.34. The van der Waals surface area contributed by atoms with Crippen molar-refractivity contribution in [2.24, 2.45) is 0 Å². The summed E-state index contributed by atoms with van der Waals surface area (Å²) in [6.45, 7) is 0.522. The number of hydrogen-bond acceptors (Lipinski definition) is 6. The molecule has 0 radical (unpaired) electrons. The molecule has 0 spiro atoms. The zero-order valence-corrected chi connectivity index (χ0v) is 16.7. The van der Waals surface area contributed by atoms with E-state index in [0.29, 0.717) is 24.4 Å². The molecule has 0 atom stereocenters. The van der Waals surface area contributed by atoms with Gasteiger partial charge in [-0.25, -0.2) is 4.79 Å². The maximum Gasteiger partial charge on any atom is 0.341 e. The van der Waals surface area contributed by atoms with Crippen LogP contribution in [0.15, 0.2) is 29.2 Å². The molecule has 2 heterocycles. The van der Waals surface area contributed by atoms with Crippen LogP contribution in [0.1, 0.15) is 31.2 Å². The summed E-state index contributed by atoms with van der Waals surface area (Å²) in [7, 11) is 0. The molecule has 2 aliphatic rings. The number of likely N-dealkylation sites (tertiary alicyclic amines) is 1. The van der Waals surface area contributed by atoms with E-state index in [-0.39, 0.29) is 17.4 Å². The van der Waals surface area contributed by atoms with E-state index < -0.39 is 23.7 Å². The number of ether oxygens (including phenoxy) is 1. The quantitative estimate of drug-likeness (QED) is 0.708. The molecule has 3 rings (SSSR count). The Morgan fingerprint density at radius 1 is 1.10 bits per heavy atom. The zero-order chi connectivity index (χ0) is 20.8. The molecule has 0 bridgehead atoms. The number of carboxylic acid groups (broad SMARTS) is 1. The van der Waals surface area contributed by atoms with Crippen LogP contribution in [0.25, 0.3) is 6.08 Å². The molecule has 1 N–H and O–H groups in total. The van der Waals surface area contributed by atoms with E-state index in [9.17, 15) is 19.2 Å². The first-order chi connectivity index (χ1) is 14.0. The van der Waals surface area contributed by atoms with Gasteiger partial charge in [-0.05, 0) is 36.7 Å². The van der Waals surface area contributed by atoms with Gasteiger partial charge in [0, 0.05) is 18.7 Å². The Labute approximate surface area is 172 Å². The molecular formula is C20H22N2O6S. The van der Waals surface area contributed by atoms with Crippen molar-refractivity contribution in [2.45, 2.75) is 25.7 Å². The summed E-state index contributed by atoms with van der Waals surface area (Å²) in [5.41, 5.74) is 0.484. The molecule has 0 aliphatic carbocycles. The van der Waals surface area contributed by atoms with Crippen molar-refractivity contribution in [1.82, 2.24) is 9.80 Å². The van der Waals surface area contributed by atoms with Gasteiger partial charge in [0.15, 0.2) is 6.61 Å². The third-order valence-electron chi connectivity index (χ3n) is 4.68. The summed E-state index contributed by atoms with van der Waals surface area (Å²) in [6.07, 6.45) is 5.51. The van der Waals surface area contributed by atoms with Crippen LogP contribution in [0.5, 0.6) is 5.75 Å². The van der Waals surface area contributed by atoms with Crippen molar-refractivity contribution in [3.8, 4) is 5.75 Å². The molecule has 2 fully saturated rings. The second-order valence-electron chi connectivity index (χ2n) is 6.78. The smallest absolute Gasteiger partial charge is 0.341 e. The molecule has 1 aromatic rings. The topological polar surface area (TPSA) is 104 Å². The molecule has 2 saturated heterocycles. The number of carboxylic acids is 1. The van der Waals surface area contributed by atoms with Gasteiger partial charge in [-0.2, -0.15) is 0 Å². The van der Waals surface area contributed by atoms with Crippen molar-refractivity contribution in [3.05, 3.63) is 34.7 Å². The van der Waals surface area contributed by atoms with E-state index in [0.717, 1.165) is 42.3 Å². The third-order valence-corrected chi connectivity index (χ3v) is 5.59. The molecule has 0 saturated carbocycles. The van der Waals surface area contributed by atoms with Crippen molar-refractivity contribution in [3.63, 3.8) is 0 Å². The van der Waals surface area contributed by atoms with Crippen LogP contribution in [-0.2, 0) is 14.4 Å². The van der Waals surface area contributed by atoms with Crippen LogP contribution in [0, 0.1) is 0 Å². The van der Waals surface area contributed by atoms with Crippen LogP contribution in [-0.4, -0.2) is 64.2 Å². The van der Waals surface area contributed by atoms with Gasteiger partial charge in [-0.15, -0.1) is 0 Å². The lowest BCUT2D eigenvalue weighted by Gasteiger charge is -2.22. The molecule has 8 nitrogen and oxygen atoms in total. The number of aliphatic carboxylic acids is 1. The SMILES string of the molecule is O=C(O)COc1ccccc1/C=C1\SC(=O)N(CC(=O)N2CCCCCC2)C1=O. The predicted molar refractivity (Wildman–Crippen MR) is 107 cm³/mol. The van der Waals surface area contributed by atoms with Crippen LogP contribution in [0.2, 0.25) is 0 Å². The molecule has 1 aromatic carbocycles. The fourth-order valence-electron chi connectivity index (χ4n) is 3.20. The number of rotatable bonds is 6. The minimum Gasteiger partial charge on any atom is -0.481 e. The molecule has 0 unspecified atom stereocenters. The molecule has 0 aromatic heterocycles. The van der Waals surface area contributed by atoms with E-state index in [1.54, 1.807) is 29.2 Å². The first kappa shape index (κ1) is 20.9. The maximum absolute atomic E-state index is 12.7. The van der Waals surface area contributed by atoms with E-state index in [2.05, 4.69) is 0 Å². The highest BCUT2D eigenvalue weighted by Gasteiger charge is 2.37. The lowest BCUT2D eigenvalue weighted by molar-refractivity contribution is -0.139. The summed E-state index contributed by atoms with van der Waals surface area (Å²) in [5.74, 6) is -1.58. The highest BCUT2D eigenvalue weighted by molar-refractivity contribution is 8.18. The zero-order valence-electron chi connectivity index (χ0n) is 15.8. The fourth-order valence-corrected chi connectivity index (χ4v) is 4.03. The van der Waals surface area contributed by atoms with Gasteiger partial charge >= 0.3 is 5.97 Å².